The maximum absolute atomic E-state index is 11.7. The van der Waals surface area contributed by atoms with Crippen molar-refractivity contribution in [2.24, 2.45) is 0 Å². The van der Waals surface area contributed by atoms with E-state index in [1.807, 2.05) is 18.2 Å². The van der Waals surface area contributed by atoms with Crippen LogP contribution in [0.2, 0.25) is 0 Å². The maximum Gasteiger partial charge on any atom is 0.250 e. The highest BCUT2D eigenvalue weighted by molar-refractivity contribution is 5.81. The Morgan fingerprint density at radius 3 is 3.24 bits per heavy atom. The van der Waals surface area contributed by atoms with Gasteiger partial charge in [-0.1, -0.05) is 6.07 Å². The molecule has 1 amide bonds. The Morgan fingerprint density at radius 1 is 1.59 bits per heavy atom. The zero-order valence-electron chi connectivity index (χ0n) is 9.69. The highest BCUT2D eigenvalue weighted by atomic mass is 16.5. The van der Waals surface area contributed by atoms with E-state index >= 15 is 0 Å². The Balaban J connectivity index is 1.69. The van der Waals surface area contributed by atoms with Crippen LogP contribution >= 0.6 is 0 Å². The molecule has 17 heavy (non-hydrogen) atoms. The van der Waals surface area contributed by atoms with Gasteiger partial charge in [0.1, 0.15) is 6.10 Å². The zero-order valence-corrected chi connectivity index (χ0v) is 9.69. The molecule has 1 fully saturated rings. The first kappa shape index (κ1) is 12.0. The van der Waals surface area contributed by atoms with Crippen LogP contribution in [-0.2, 0) is 16.0 Å². The van der Waals surface area contributed by atoms with Crippen LogP contribution in [0.15, 0.2) is 24.4 Å². The summed E-state index contributed by atoms with van der Waals surface area (Å²) in [6, 6.07) is 5.77. The first-order valence-corrected chi connectivity index (χ1v) is 5.86. The number of amides is 1. The summed E-state index contributed by atoms with van der Waals surface area (Å²) in [7, 11) is 0. The summed E-state index contributed by atoms with van der Waals surface area (Å²) >= 11 is 0. The number of carbonyl (C=O) groups is 1. The van der Waals surface area contributed by atoms with Crippen molar-refractivity contribution < 1.29 is 9.53 Å². The number of rotatable bonds is 4. The SMILES string of the molecule is O=C(NCCc1ccccn1)C1CNCCO1. The van der Waals surface area contributed by atoms with E-state index in [1.54, 1.807) is 6.20 Å². The van der Waals surface area contributed by atoms with E-state index in [4.69, 9.17) is 4.74 Å². The molecular formula is C12H17N3O2. The molecule has 1 aliphatic heterocycles. The van der Waals surface area contributed by atoms with Gasteiger partial charge >= 0.3 is 0 Å². The fraction of sp³-hybridized carbons (Fsp3) is 0.500. The van der Waals surface area contributed by atoms with Crippen molar-refractivity contribution in [1.29, 1.82) is 0 Å². The van der Waals surface area contributed by atoms with Crippen LogP contribution in [0.4, 0.5) is 0 Å². The van der Waals surface area contributed by atoms with Crippen LogP contribution in [-0.4, -0.2) is 43.2 Å². The lowest BCUT2D eigenvalue weighted by Crippen LogP contribution is -2.48. The number of pyridine rings is 1. The molecule has 1 aromatic heterocycles. The first-order valence-electron chi connectivity index (χ1n) is 5.86. The summed E-state index contributed by atoms with van der Waals surface area (Å²) < 4.78 is 5.35. The van der Waals surface area contributed by atoms with E-state index in [9.17, 15) is 4.79 Å². The van der Waals surface area contributed by atoms with Crippen LogP contribution in [0.25, 0.3) is 0 Å². The smallest absolute Gasteiger partial charge is 0.250 e. The lowest BCUT2D eigenvalue weighted by atomic mass is 10.2. The summed E-state index contributed by atoms with van der Waals surface area (Å²) in [6.07, 6.45) is 2.14. The molecule has 0 aromatic carbocycles. The fourth-order valence-electron chi connectivity index (χ4n) is 1.71. The Kier molecular flexibility index (Phi) is 4.46. The number of aromatic nitrogens is 1. The summed E-state index contributed by atoms with van der Waals surface area (Å²) in [5, 5.41) is 5.98. The Morgan fingerprint density at radius 2 is 2.53 bits per heavy atom. The van der Waals surface area contributed by atoms with Gasteiger partial charge in [0.25, 0.3) is 0 Å². The molecule has 1 atom stereocenters. The van der Waals surface area contributed by atoms with Gasteiger partial charge in [-0.15, -0.1) is 0 Å². The van der Waals surface area contributed by atoms with Crippen LogP contribution in [0, 0.1) is 0 Å². The summed E-state index contributed by atoms with van der Waals surface area (Å²) in [4.78, 5) is 15.9. The number of ether oxygens (including phenoxy) is 1. The molecule has 1 saturated heterocycles. The number of nitrogens with zero attached hydrogens (tertiary/aromatic N) is 1. The Hall–Kier alpha value is -1.46. The highest BCUT2D eigenvalue weighted by Crippen LogP contribution is 1.97. The number of carbonyl (C=O) groups excluding carboxylic acids is 1. The summed E-state index contributed by atoms with van der Waals surface area (Å²) in [6.45, 7) is 2.60. The number of morpholine rings is 1. The molecule has 1 aromatic rings. The largest absolute Gasteiger partial charge is 0.366 e. The van der Waals surface area contributed by atoms with Gasteiger partial charge in [0, 0.05) is 37.9 Å². The van der Waals surface area contributed by atoms with E-state index in [-0.39, 0.29) is 12.0 Å². The van der Waals surface area contributed by atoms with E-state index in [1.165, 1.54) is 0 Å². The second-order valence-corrected chi connectivity index (χ2v) is 3.93. The van der Waals surface area contributed by atoms with Crippen molar-refractivity contribution >= 4 is 5.91 Å². The van der Waals surface area contributed by atoms with Crippen LogP contribution < -0.4 is 10.6 Å². The van der Waals surface area contributed by atoms with Gasteiger partial charge < -0.3 is 15.4 Å². The van der Waals surface area contributed by atoms with Crippen LogP contribution in [0.5, 0.6) is 0 Å². The molecule has 0 radical (unpaired) electrons. The molecule has 5 heteroatoms. The lowest BCUT2D eigenvalue weighted by Gasteiger charge is -2.22. The second-order valence-electron chi connectivity index (χ2n) is 3.93. The lowest BCUT2D eigenvalue weighted by molar-refractivity contribution is -0.134. The predicted octanol–water partition coefficient (Wildman–Crippen LogP) is -0.271. The third kappa shape index (κ3) is 3.80. The predicted molar refractivity (Wildman–Crippen MR) is 63.6 cm³/mol. The Bertz CT molecular complexity index is 350. The van der Waals surface area contributed by atoms with Crippen molar-refractivity contribution in [3.05, 3.63) is 30.1 Å². The van der Waals surface area contributed by atoms with Crippen molar-refractivity contribution in [3.63, 3.8) is 0 Å². The molecular weight excluding hydrogens is 218 g/mol. The average molecular weight is 235 g/mol. The number of hydrogen-bond acceptors (Lipinski definition) is 4. The number of hydrogen-bond donors (Lipinski definition) is 2. The van der Waals surface area contributed by atoms with Gasteiger partial charge in [-0.05, 0) is 12.1 Å². The van der Waals surface area contributed by atoms with E-state index < -0.39 is 0 Å². The second kappa shape index (κ2) is 6.32. The van der Waals surface area contributed by atoms with E-state index in [0.717, 1.165) is 18.7 Å². The fourth-order valence-corrected chi connectivity index (χ4v) is 1.71. The quantitative estimate of drug-likeness (QED) is 0.754. The first-order chi connectivity index (χ1) is 8.36. The third-order valence-corrected chi connectivity index (χ3v) is 2.63. The molecule has 2 rings (SSSR count). The minimum atomic E-state index is -0.354. The topological polar surface area (TPSA) is 63.2 Å². The molecule has 1 unspecified atom stereocenters. The molecule has 2 N–H and O–H groups in total. The molecule has 0 spiro atoms. The minimum absolute atomic E-state index is 0.0480. The maximum atomic E-state index is 11.7. The molecule has 92 valence electrons. The average Bonchev–Trinajstić information content (AvgIpc) is 2.41. The minimum Gasteiger partial charge on any atom is -0.366 e. The van der Waals surface area contributed by atoms with E-state index in [0.29, 0.717) is 19.7 Å². The van der Waals surface area contributed by atoms with Gasteiger partial charge in [0.2, 0.25) is 5.91 Å². The molecule has 1 aliphatic rings. The van der Waals surface area contributed by atoms with Crippen LogP contribution in [0.1, 0.15) is 5.69 Å². The van der Waals surface area contributed by atoms with Gasteiger partial charge in [0.15, 0.2) is 0 Å². The standard InChI is InChI=1S/C12H17N3O2/c16-12(11-9-13-7-8-17-11)15-6-4-10-3-1-2-5-14-10/h1-3,5,11,13H,4,6-9H2,(H,15,16). The zero-order chi connectivity index (χ0) is 11.9. The normalized spacial score (nSPS) is 19.9. The molecule has 0 saturated carbocycles. The monoisotopic (exact) mass is 235 g/mol. The van der Waals surface area contributed by atoms with Crippen molar-refractivity contribution in [1.82, 2.24) is 15.6 Å². The highest BCUT2D eigenvalue weighted by Gasteiger charge is 2.20. The number of nitrogens with one attached hydrogen (secondary N) is 2. The van der Waals surface area contributed by atoms with Gasteiger partial charge in [-0.2, -0.15) is 0 Å². The van der Waals surface area contributed by atoms with Crippen molar-refractivity contribution in [3.8, 4) is 0 Å². The summed E-state index contributed by atoms with van der Waals surface area (Å²) in [5.41, 5.74) is 0.982. The van der Waals surface area contributed by atoms with Gasteiger partial charge in [-0.3, -0.25) is 9.78 Å². The molecule has 5 nitrogen and oxygen atoms in total. The third-order valence-electron chi connectivity index (χ3n) is 2.63. The summed E-state index contributed by atoms with van der Waals surface area (Å²) in [5.74, 6) is -0.0480. The Labute approximate surface area is 101 Å². The van der Waals surface area contributed by atoms with Gasteiger partial charge in [-0.25, -0.2) is 0 Å². The molecule has 0 bridgehead atoms. The molecule has 0 aliphatic carbocycles. The van der Waals surface area contributed by atoms with Crippen molar-refractivity contribution in [2.45, 2.75) is 12.5 Å². The van der Waals surface area contributed by atoms with E-state index in [2.05, 4.69) is 15.6 Å². The van der Waals surface area contributed by atoms with Crippen LogP contribution in [0.3, 0.4) is 0 Å². The van der Waals surface area contributed by atoms with Gasteiger partial charge in [0.05, 0.1) is 6.61 Å². The molecule has 2 heterocycles. The van der Waals surface area contributed by atoms with Crippen molar-refractivity contribution in [2.75, 3.05) is 26.2 Å².